The van der Waals surface area contributed by atoms with Crippen LogP contribution in [-0.2, 0) is 38.0 Å². The van der Waals surface area contributed by atoms with Crippen molar-refractivity contribution >= 4 is 30.0 Å². The second-order valence-electron chi connectivity index (χ2n) is 16.7. The van der Waals surface area contributed by atoms with E-state index in [1.165, 1.54) is 81.0 Å². The van der Waals surface area contributed by atoms with Crippen molar-refractivity contribution in [1.29, 1.82) is 0 Å². The van der Waals surface area contributed by atoms with Crippen LogP contribution >= 0.6 is 0 Å². The molecule has 0 aromatic heterocycles. The lowest BCUT2D eigenvalue weighted by molar-refractivity contribution is -0.343. The van der Waals surface area contributed by atoms with E-state index in [1.807, 2.05) is 0 Å². The highest BCUT2D eigenvalue weighted by Gasteiger charge is 2.55. The second-order valence-corrected chi connectivity index (χ2v) is 16.7. The summed E-state index contributed by atoms with van der Waals surface area (Å²) in [6.07, 6.45) is -15.4. The zero-order chi connectivity index (χ0) is 50.6. The number of aliphatic carboxylic acids is 1. The quantitative estimate of drug-likeness (QED) is 0.0518. The van der Waals surface area contributed by atoms with E-state index >= 15 is 0 Å². The molecule has 0 spiro atoms. The maximum atomic E-state index is 13.7. The van der Waals surface area contributed by atoms with Crippen molar-refractivity contribution in [2.45, 2.75) is 87.2 Å². The number of benzene rings is 3. The van der Waals surface area contributed by atoms with Gasteiger partial charge in [0.25, 0.3) is 0 Å². The largest absolute Gasteiger partial charge is 0.502 e. The molecule has 4 aliphatic rings. The summed E-state index contributed by atoms with van der Waals surface area (Å²) in [5.41, 5.74) is 0.0805. The van der Waals surface area contributed by atoms with Gasteiger partial charge in [0.05, 0.1) is 50.4 Å². The molecule has 0 amide bonds. The van der Waals surface area contributed by atoms with Crippen molar-refractivity contribution in [3.05, 3.63) is 95.3 Å². The Hall–Kier alpha value is -6.38. The molecular formula is C47H52O23. The van der Waals surface area contributed by atoms with Crippen molar-refractivity contribution < 1.29 is 113 Å². The third kappa shape index (κ3) is 11.0. The van der Waals surface area contributed by atoms with Gasteiger partial charge in [-0.25, -0.2) is 19.2 Å². The SMILES string of the molecule is COc1cc(C=CC(=O)O[C@@H]2[C@@H](O[C@H]3OC=C(C(=O)O)[C@H]4C[C@@H](OC(=O)c5cccc(OC(=O)c6cccc(O[C@@H]7O[C@@H](CO)[C@H](O)[C@H](O)[C@H]7O)c6)c5)[C@H](C)[C@@H]34)O[C@@H](CO)[C@H](O)[C@H]2O)cc(OC)c1O. The average molecular weight is 985 g/mol. The molecule has 23 heteroatoms. The number of aliphatic hydroxyl groups is 7. The number of esters is 3. The topological polar surface area (TPSA) is 343 Å². The molecule has 3 aromatic carbocycles. The molecule has 0 unspecified atom stereocenters. The number of methoxy groups -OCH3 is 2. The third-order valence-electron chi connectivity index (χ3n) is 12.4. The number of carboxylic acids is 1. The highest BCUT2D eigenvalue weighted by atomic mass is 16.8. The average Bonchev–Trinajstić information content (AvgIpc) is 3.68. The zero-order valence-corrected chi connectivity index (χ0v) is 37.5. The fraction of sp³-hybridized carbons (Fsp3) is 0.447. The molecule has 2 saturated heterocycles. The van der Waals surface area contributed by atoms with Gasteiger partial charge in [-0.05, 0) is 66.6 Å². The highest BCUT2D eigenvalue weighted by molar-refractivity contribution is 5.93. The molecule has 0 radical (unpaired) electrons. The van der Waals surface area contributed by atoms with E-state index in [0.29, 0.717) is 5.56 Å². The Labute approximate surface area is 398 Å². The van der Waals surface area contributed by atoms with Gasteiger partial charge in [-0.15, -0.1) is 0 Å². The third-order valence-corrected chi connectivity index (χ3v) is 12.4. The summed E-state index contributed by atoms with van der Waals surface area (Å²) < 4.78 is 56.0. The van der Waals surface area contributed by atoms with Gasteiger partial charge >= 0.3 is 23.9 Å². The minimum atomic E-state index is -1.87. The smallest absolute Gasteiger partial charge is 0.343 e. The van der Waals surface area contributed by atoms with Gasteiger partial charge < -0.3 is 93.3 Å². The van der Waals surface area contributed by atoms with E-state index in [2.05, 4.69) is 0 Å². The van der Waals surface area contributed by atoms with Crippen LogP contribution in [0.5, 0.6) is 28.7 Å². The molecule has 1 saturated carbocycles. The Balaban J connectivity index is 1.03. The first kappa shape index (κ1) is 51.5. The first-order chi connectivity index (χ1) is 33.5. The summed E-state index contributed by atoms with van der Waals surface area (Å²) in [5.74, 6) is -6.84. The predicted octanol–water partition coefficient (Wildman–Crippen LogP) is 0.0105. The lowest BCUT2D eigenvalue weighted by atomic mass is 9.83. The number of rotatable bonds is 16. The number of aliphatic hydroxyl groups excluding tert-OH is 7. The maximum Gasteiger partial charge on any atom is 0.343 e. The Kier molecular flexibility index (Phi) is 16.3. The second kappa shape index (κ2) is 22.1. The van der Waals surface area contributed by atoms with Crippen LogP contribution in [0.2, 0.25) is 0 Å². The number of carboxylic acid groups (broad SMARTS) is 1. The molecule has 3 aliphatic heterocycles. The van der Waals surface area contributed by atoms with Gasteiger partial charge in [-0.1, -0.05) is 19.1 Å². The Morgan fingerprint density at radius 1 is 0.729 bits per heavy atom. The number of carbonyl (C=O) groups excluding carboxylic acids is 3. The van der Waals surface area contributed by atoms with E-state index in [9.17, 15) is 65.1 Å². The number of phenolic OH excluding ortho intramolecular Hbond substituents is 1. The van der Waals surface area contributed by atoms with E-state index in [-0.39, 0.29) is 51.9 Å². The molecular weight excluding hydrogens is 932 g/mol. The molecule has 23 nitrogen and oxygen atoms in total. The monoisotopic (exact) mass is 984 g/mol. The van der Waals surface area contributed by atoms with Crippen LogP contribution < -0.4 is 18.9 Å². The van der Waals surface area contributed by atoms with Gasteiger partial charge in [-0.2, -0.15) is 0 Å². The number of hydrogen-bond donors (Lipinski definition) is 9. The van der Waals surface area contributed by atoms with Gasteiger partial charge in [0, 0.05) is 23.8 Å². The number of carbonyl (C=O) groups is 4. The fourth-order valence-corrected chi connectivity index (χ4v) is 8.64. The highest BCUT2D eigenvalue weighted by Crippen LogP contribution is 2.49. The summed E-state index contributed by atoms with van der Waals surface area (Å²) in [6, 6.07) is 13.8. The van der Waals surface area contributed by atoms with E-state index in [1.54, 1.807) is 6.92 Å². The fourth-order valence-electron chi connectivity index (χ4n) is 8.64. The number of fused-ring (bicyclic) bond motifs is 1. The van der Waals surface area contributed by atoms with Crippen LogP contribution in [0.1, 0.15) is 39.6 Å². The van der Waals surface area contributed by atoms with Crippen molar-refractivity contribution in [3.8, 4) is 28.7 Å². The summed E-state index contributed by atoms with van der Waals surface area (Å²) in [6.45, 7) is 0.185. The molecule has 3 aromatic rings. The summed E-state index contributed by atoms with van der Waals surface area (Å²) in [5, 5.41) is 92.2. The molecule has 3 fully saturated rings. The molecule has 70 heavy (non-hydrogen) atoms. The predicted molar refractivity (Wildman–Crippen MR) is 232 cm³/mol. The first-order valence-corrected chi connectivity index (χ1v) is 21.8. The van der Waals surface area contributed by atoms with Crippen molar-refractivity contribution in [3.63, 3.8) is 0 Å². The van der Waals surface area contributed by atoms with Crippen LogP contribution in [0.15, 0.2) is 78.6 Å². The Morgan fingerprint density at radius 3 is 1.96 bits per heavy atom. The van der Waals surface area contributed by atoms with Crippen LogP contribution in [0.4, 0.5) is 0 Å². The van der Waals surface area contributed by atoms with Crippen LogP contribution in [-0.4, -0.2) is 171 Å². The van der Waals surface area contributed by atoms with Crippen molar-refractivity contribution in [2.24, 2.45) is 17.8 Å². The van der Waals surface area contributed by atoms with Gasteiger partial charge in [0.15, 0.2) is 17.6 Å². The van der Waals surface area contributed by atoms with Crippen molar-refractivity contribution in [1.82, 2.24) is 0 Å². The van der Waals surface area contributed by atoms with Crippen LogP contribution in [0.3, 0.4) is 0 Å². The maximum absolute atomic E-state index is 13.7. The number of hydrogen-bond acceptors (Lipinski definition) is 22. The zero-order valence-electron chi connectivity index (χ0n) is 37.5. The minimum absolute atomic E-state index is 0.000944. The minimum Gasteiger partial charge on any atom is -0.502 e. The van der Waals surface area contributed by atoms with E-state index in [0.717, 1.165) is 12.3 Å². The lowest BCUT2D eigenvalue weighted by Crippen LogP contribution is -2.61. The first-order valence-electron chi connectivity index (χ1n) is 21.8. The molecule has 9 N–H and O–H groups in total. The van der Waals surface area contributed by atoms with Crippen molar-refractivity contribution in [2.75, 3.05) is 27.4 Å². The Bertz CT molecular complexity index is 2410. The number of aromatic hydroxyl groups is 1. The summed E-state index contributed by atoms with van der Waals surface area (Å²) >= 11 is 0. The number of phenols is 1. The molecule has 1 aliphatic carbocycles. The van der Waals surface area contributed by atoms with Gasteiger partial charge in [0.2, 0.25) is 24.6 Å². The molecule has 3 heterocycles. The Morgan fingerprint density at radius 2 is 1.33 bits per heavy atom. The normalized spacial score (nSPS) is 31.6. The summed E-state index contributed by atoms with van der Waals surface area (Å²) in [4.78, 5) is 52.6. The van der Waals surface area contributed by atoms with Crippen LogP contribution in [0, 0.1) is 17.8 Å². The van der Waals surface area contributed by atoms with Crippen LogP contribution in [0.25, 0.3) is 6.08 Å². The van der Waals surface area contributed by atoms with E-state index in [4.69, 9.17) is 47.4 Å². The molecule has 7 rings (SSSR count). The standard InChI is InChI=1S/C47H52O23/c1-20-28(66-44(60)23-7-4-8-24(14-23)64-43(59)22-6-5-9-25(15-22)65-46-40(56)38(54)36(52)31(17-48)67-46)16-26-27(42(57)58)19-63-45(34(20)26)70-47-41(39(55)37(53)32(18-49)68-47)69-33(50)11-10-21-12-29(61-2)35(51)30(13-21)62-3/h4-15,19-20,26,28,31-32,34,36-41,45-49,51-56H,16-18H2,1-3H3,(H,57,58)/t20-,26+,28+,31-,32-,34+,36-,37-,38-,39+,40+,41-,45+,46+,47+/m0/s1. The van der Waals surface area contributed by atoms with Gasteiger partial charge in [0.1, 0.15) is 60.3 Å². The van der Waals surface area contributed by atoms with E-state index < -0.39 is 129 Å². The number of ether oxygens (including phenoxy) is 10. The molecule has 15 atom stereocenters. The molecule has 378 valence electrons. The summed E-state index contributed by atoms with van der Waals surface area (Å²) in [7, 11) is 2.63. The van der Waals surface area contributed by atoms with Gasteiger partial charge in [-0.3, -0.25) is 0 Å². The molecule has 0 bridgehead atoms. The lowest BCUT2D eigenvalue weighted by Gasteiger charge is -2.44.